The van der Waals surface area contributed by atoms with Crippen molar-refractivity contribution in [3.05, 3.63) is 47.5 Å². The van der Waals surface area contributed by atoms with Crippen LogP contribution in [0.5, 0.6) is 0 Å². The summed E-state index contributed by atoms with van der Waals surface area (Å²) in [5.74, 6) is 0. The minimum atomic E-state index is -0.116. The van der Waals surface area contributed by atoms with E-state index in [4.69, 9.17) is 0 Å². The molecule has 1 N–H and O–H groups in total. The number of benzene rings is 1. The third-order valence-corrected chi connectivity index (χ3v) is 4.54. The molecule has 0 spiro atoms. The molecule has 6 heteroatoms. The molecule has 0 radical (unpaired) electrons. The van der Waals surface area contributed by atoms with E-state index in [-0.39, 0.29) is 6.61 Å². The van der Waals surface area contributed by atoms with Crippen LogP contribution in [0.25, 0.3) is 16.3 Å². The van der Waals surface area contributed by atoms with Crippen LogP contribution in [0.2, 0.25) is 0 Å². The lowest BCUT2D eigenvalue weighted by molar-refractivity contribution is 0.277. The van der Waals surface area contributed by atoms with Gasteiger partial charge in [0.1, 0.15) is 11.4 Å². The van der Waals surface area contributed by atoms with Gasteiger partial charge in [0.15, 0.2) is 0 Å². The van der Waals surface area contributed by atoms with Gasteiger partial charge < -0.3 is 5.11 Å². The molecular weight excluding hydrogens is 290 g/mol. The Balaban J connectivity index is 2.16. The van der Waals surface area contributed by atoms with Crippen molar-refractivity contribution in [2.45, 2.75) is 11.5 Å². The van der Waals surface area contributed by atoms with Crippen LogP contribution < -0.4 is 0 Å². The summed E-state index contributed by atoms with van der Waals surface area (Å²) in [5.41, 5.74) is 2.41. The molecule has 0 atom stereocenters. The number of rotatable bonds is 4. The van der Waals surface area contributed by atoms with Crippen LogP contribution in [0.3, 0.4) is 0 Å². The van der Waals surface area contributed by atoms with Crippen LogP contribution in [-0.2, 0) is 6.61 Å². The molecule has 3 rings (SSSR count). The van der Waals surface area contributed by atoms with Crippen molar-refractivity contribution in [2.24, 2.45) is 0 Å². The quantitative estimate of drug-likeness (QED) is 0.752. The molecule has 0 saturated heterocycles. The second-order valence-corrected chi connectivity index (χ2v) is 5.96. The van der Waals surface area contributed by atoms with E-state index < -0.39 is 0 Å². The van der Waals surface area contributed by atoms with E-state index in [1.54, 1.807) is 27.8 Å². The summed E-state index contributed by atoms with van der Waals surface area (Å²) in [7, 11) is 0. The van der Waals surface area contributed by atoms with Gasteiger partial charge in [-0.05, 0) is 35.9 Å². The van der Waals surface area contributed by atoms with Crippen LogP contribution in [0, 0.1) is 0 Å². The highest BCUT2D eigenvalue weighted by atomic mass is 32.2. The molecule has 0 aliphatic heterocycles. The third-order valence-electron chi connectivity index (χ3n) is 2.94. The van der Waals surface area contributed by atoms with E-state index >= 15 is 0 Å². The molecule has 1 aromatic carbocycles. The van der Waals surface area contributed by atoms with Crippen molar-refractivity contribution < 1.29 is 5.11 Å². The Kier molecular flexibility index (Phi) is 3.86. The largest absolute Gasteiger partial charge is 0.390 e. The fraction of sp³-hybridized carbons (Fsp3) is 0.143. The smallest absolute Gasteiger partial charge is 0.117 e. The molecule has 3 aromatic rings. The highest BCUT2D eigenvalue weighted by Gasteiger charge is 2.16. The Labute approximate surface area is 125 Å². The lowest BCUT2D eigenvalue weighted by atomic mass is 10.2. The van der Waals surface area contributed by atoms with E-state index in [1.165, 1.54) is 4.90 Å². The molecule has 4 nitrogen and oxygen atoms in total. The molecule has 0 amide bonds. The predicted octanol–water partition coefficient (Wildman–Crippen LogP) is 3.21. The Morgan fingerprint density at radius 2 is 2.20 bits per heavy atom. The first kappa shape index (κ1) is 13.4. The topological polar surface area (TPSA) is 50.9 Å². The maximum absolute atomic E-state index is 9.46. The van der Waals surface area contributed by atoms with Gasteiger partial charge in [-0.15, -0.1) is 28.2 Å². The van der Waals surface area contributed by atoms with Gasteiger partial charge in [-0.25, -0.2) is 4.68 Å². The standard InChI is InChI=1S/C14H13N3OS2/c1-19-11-5-2-4-10(8-11)17-14(12(9-18)15-16-17)13-6-3-7-20-13/h2-8,18H,9H2,1H3. The Hall–Kier alpha value is -1.63. The van der Waals surface area contributed by atoms with E-state index in [0.29, 0.717) is 5.69 Å². The maximum Gasteiger partial charge on any atom is 0.117 e. The Bertz CT molecular complexity index is 707. The van der Waals surface area contributed by atoms with Crippen molar-refractivity contribution in [2.75, 3.05) is 6.26 Å². The molecule has 0 unspecified atom stereocenters. The lowest BCUT2D eigenvalue weighted by Gasteiger charge is -2.07. The number of thioether (sulfide) groups is 1. The number of hydrogen-bond donors (Lipinski definition) is 1. The average Bonchev–Trinajstić information content (AvgIpc) is 3.15. The first-order chi connectivity index (χ1) is 9.83. The number of thiophene rings is 1. The first-order valence-corrected chi connectivity index (χ1v) is 8.17. The zero-order valence-electron chi connectivity index (χ0n) is 10.9. The number of aliphatic hydroxyl groups excluding tert-OH is 1. The monoisotopic (exact) mass is 303 g/mol. The Morgan fingerprint density at radius 1 is 1.30 bits per heavy atom. The van der Waals surface area contributed by atoms with Gasteiger partial charge in [0.2, 0.25) is 0 Å². The molecule has 0 aliphatic rings. The minimum absolute atomic E-state index is 0.116. The summed E-state index contributed by atoms with van der Waals surface area (Å²) in [4.78, 5) is 2.22. The zero-order valence-corrected chi connectivity index (χ0v) is 12.5. The maximum atomic E-state index is 9.46. The number of aromatic nitrogens is 3. The van der Waals surface area contributed by atoms with E-state index in [1.807, 2.05) is 35.9 Å². The van der Waals surface area contributed by atoms with Crippen LogP contribution >= 0.6 is 23.1 Å². The molecule has 102 valence electrons. The van der Waals surface area contributed by atoms with Gasteiger partial charge in [-0.1, -0.05) is 17.3 Å². The van der Waals surface area contributed by atoms with Crippen LogP contribution in [0.4, 0.5) is 0 Å². The molecule has 2 heterocycles. The van der Waals surface area contributed by atoms with Gasteiger partial charge in [-0.3, -0.25) is 0 Å². The summed E-state index contributed by atoms with van der Waals surface area (Å²) in [5, 5.41) is 19.7. The van der Waals surface area contributed by atoms with Crippen LogP contribution in [0.1, 0.15) is 5.69 Å². The minimum Gasteiger partial charge on any atom is -0.390 e. The van der Waals surface area contributed by atoms with Gasteiger partial charge in [-0.2, -0.15) is 0 Å². The fourth-order valence-electron chi connectivity index (χ4n) is 2.00. The van der Waals surface area contributed by atoms with Crippen molar-refractivity contribution in [3.63, 3.8) is 0 Å². The van der Waals surface area contributed by atoms with E-state index in [2.05, 4.69) is 22.4 Å². The average molecular weight is 303 g/mol. The lowest BCUT2D eigenvalue weighted by Crippen LogP contribution is -1.99. The Morgan fingerprint density at radius 3 is 2.90 bits per heavy atom. The number of nitrogens with zero attached hydrogens (tertiary/aromatic N) is 3. The molecule has 2 aromatic heterocycles. The van der Waals surface area contributed by atoms with Crippen LogP contribution in [0.15, 0.2) is 46.7 Å². The molecule has 0 saturated carbocycles. The highest BCUT2D eigenvalue weighted by Crippen LogP contribution is 2.30. The van der Waals surface area contributed by atoms with Gasteiger partial charge in [0, 0.05) is 4.90 Å². The summed E-state index contributed by atoms with van der Waals surface area (Å²) >= 11 is 3.30. The van der Waals surface area contributed by atoms with Crippen LogP contribution in [-0.4, -0.2) is 26.4 Å². The van der Waals surface area contributed by atoms with Crippen molar-refractivity contribution >= 4 is 23.1 Å². The molecule has 0 aliphatic carbocycles. The predicted molar refractivity (Wildman–Crippen MR) is 82.4 cm³/mol. The number of hydrogen-bond acceptors (Lipinski definition) is 5. The summed E-state index contributed by atoms with van der Waals surface area (Å²) < 4.78 is 1.79. The highest BCUT2D eigenvalue weighted by molar-refractivity contribution is 7.98. The van der Waals surface area contributed by atoms with Crippen molar-refractivity contribution in [3.8, 4) is 16.3 Å². The SMILES string of the molecule is CSc1cccc(-n2nnc(CO)c2-c2cccs2)c1. The molecular formula is C14H13N3OS2. The normalized spacial score (nSPS) is 10.9. The summed E-state index contributed by atoms with van der Waals surface area (Å²) in [6, 6.07) is 12.1. The van der Waals surface area contributed by atoms with Gasteiger partial charge in [0.05, 0.1) is 17.2 Å². The van der Waals surface area contributed by atoms with Gasteiger partial charge in [0.25, 0.3) is 0 Å². The second kappa shape index (κ2) is 5.78. The van der Waals surface area contributed by atoms with Crippen molar-refractivity contribution in [1.82, 2.24) is 15.0 Å². The first-order valence-electron chi connectivity index (χ1n) is 6.07. The fourth-order valence-corrected chi connectivity index (χ4v) is 3.23. The zero-order chi connectivity index (χ0) is 13.9. The summed E-state index contributed by atoms with van der Waals surface area (Å²) in [6.07, 6.45) is 2.04. The molecule has 20 heavy (non-hydrogen) atoms. The van der Waals surface area contributed by atoms with E-state index in [0.717, 1.165) is 16.3 Å². The molecule has 0 bridgehead atoms. The third kappa shape index (κ3) is 2.37. The van der Waals surface area contributed by atoms with Crippen molar-refractivity contribution in [1.29, 1.82) is 0 Å². The number of aliphatic hydroxyl groups is 1. The second-order valence-electron chi connectivity index (χ2n) is 4.13. The van der Waals surface area contributed by atoms with Gasteiger partial charge >= 0.3 is 0 Å². The summed E-state index contributed by atoms with van der Waals surface area (Å²) in [6.45, 7) is -0.116. The molecule has 0 fully saturated rings. The van der Waals surface area contributed by atoms with E-state index in [9.17, 15) is 5.11 Å².